The van der Waals surface area contributed by atoms with Crippen molar-refractivity contribution in [1.82, 2.24) is 24.0 Å². The van der Waals surface area contributed by atoms with Crippen molar-refractivity contribution < 1.29 is 4.79 Å². The van der Waals surface area contributed by atoms with Crippen molar-refractivity contribution in [2.75, 3.05) is 13.1 Å². The van der Waals surface area contributed by atoms with Crippen LogP contribution in [0.25, 0.3) is 0 Å². The number of amides is 1. The fourth-order valence-electron chi connectivity index (χ4n) is 3.46. The van der Waals surface area contributed by atoms with E-state index in [4.69, 9.17) is 0 Å². The third kappa shape index (κ3) is 3.33. The third-order valence-corrected chi connectivity index (χ3v) is 4.78. The van der Waals surface area contributed by atoms with Crippen molar-refractivity contribution in [1.29, 1.82) is 0 Å². The van der Waals surface area contributed by atoms with E-state index in [9.17, 15) is 4.79 Å². The van der Waals surface area contributed by atoms with Gasteiger partial charge in [-0.3, -0.25) is 9.78 Å². The summed E-state index contributed by atoms with van der Waals surface area (Å²) in [5.41, 5.74) is 1.87. The molecule has 1 atom stereocenters. The third-order valence-electron chi connectivity index (χ3n) is 4.78. The standard InChI is InChI=1S/C19H21N5O/c25-19(23-11-1-3-17(14-23)24-12-9-21-15-24)18-4-2-10-22(18)13-16-5-7-20-8-6-16/h2,4-10,12,15,17H,1,3,11,13-14H2. The maximum atomic E-state index is 13.1. The Bertz CT molecular complexity index is 825. The molecule has 6 nitrogen and oxygen atoms in total. The van der Waals surface area contributed by atoms with Crippen LogP contribution in [0.15, 0.2) is 61.6 Å². The second kappa shape index (κ2) is 6.93. The van der Waals surface area contributed by atoms with Gasteiger partial charge in [-0.15, -0.1) is 0 Å². The van der Waals surface area contributed by atoms with Gasteiger partial charge >= 0.3 is 0 Å². The summed E-state index contributed by atoms with van der Waals surface area (Å²) in [6.07, 6.45) is 13.2. The van der Waals surface area contributed by atoms with Gasteiger partial charge in [0.05, 0.1) is 12.4 Å². The molecular formula is C19H21N5O. The highest BCUT2D eigenvalue weighted by molar-refractivity contribution is 5.92. The number of aromatic nitrogens is 4. The van der Waals surface area contributed by atoms with Crippen molar-refractivity contribution in [3.8, 4) is 0 Å². The molecule has 6 heteroatoms. The van der Waals surface area contributed by atoms with Crippen LogP contribution < -0.4 is 0 Å². The van der Waals surface area contributed by atoms with E-state index >= 15 is 0 Å². The van der Waals surface area contributed by atoms with Gasteiger partial charge in [0.2, 0.25) is 0 Å². The number of imidazole rings is 1. The Hall–Kier alpha value is -2.89. The molecule has 0 spiro atoms. The summed E-state index contributed by atoms with van der Waals surface area (Å²) in [7, 11) is 0. The zero-order valence-corrected chi connectivity index (χ0v) is 14.0. The number of hydrogen-bond acceptors (Lipinski definition) is 3. The highest BCUT2D eigenvalue weighted by Crippen LogP contribution is 2.23. The van der Waals surface area contributed by atoms with Gasteiger partial charge in [-0.2, -0.15) is 0 Å². The Morgan fingerprint density at radius 1 is 1.12 bits per heavy atom. The van der Waals surface area contributed by atoms with Crippen LogP contribution in [0.4, 0.5) is 0 Å². The zero-order chi connectivity index (χ0) is 17.1. The topological polar surface area (TPSA) is 56.0 Å². The first-order valence-corrected chi connectivity index (χ1v) is 8.62. The smallest absolute Gasteiger partial charge is 0.270 e. The molecule has 4 rings (SSSR count). The molecule has 0 N–H and O–H groups in total. The fourth-order valence-corrected chi connectivity index (χ4v) is 3.46. The summed E-state index contributed by atoms with van der Waals surface area (Å²) in [6, 6.07) is 8.11. The predicted molar refractivity (Wildman–Crippen MR) is 94.2 cm³/mol. The minimum absolute atomic E-state index is 0.101. The first kappa shape index (κ1) is 15.6. The molecule has 128 valence electrons. The lowest BCUT2D eigenvalue weighted by molar-refractivity contribution is 0.0669. The number of carbonyl (C=O) groups excluding carboxylic acids is 1. The quantitative estimate of drug-likeness (QED) is 0.736. The van der Waals surface area contributed by atoms with Crippen LogP contribution in [0, 0.1) is 0 Å². The summed E-state index contributed by atoms with van der Waals surface area (Å²) in [5.74, 6) is 0.101. The van der Waals surface area contributed by atoms with Crippen LogP contribution in [0.1, 0.15) is 34.9 Å². The molecule has 1 aliphatic heterocycles. The lowest BCUT2D eigenvalue weighted by atomic mass is 10.1. The van der Waals surface area contributed by atoms with Gasteiger partial charge in [-0.05, 0) is 42.7 Å². The average Bonchev–Trinajstić information content (AvgIpc) is 3.34. The predicted octanol–water partition coefficient (Wildman–Crippen LogP) is 2.61. The van der Waals surface area contributed by atoms with Crippen LogP contribution in [0.5, 0.6) is 0 Å². The molecule has 3 aromatic rings. The molecule has 0 radical (unpaired) electrons. The second-order valence-corrected chi connectivity index (χ2v) is 6.43. The minimum Gasteiger partial charge on any atom is -0.339 e. The number of nitrogens with zero attached hydrogens (tertiary/aromatic N) is 5. The SMILES string of the molecule is O=C(c1cccn1Cc1ccncc1)N1CCCC(n2ccnc2)C1. The molecule has 0 bridgehead atoms. The number of rotatable bonds is 4. The van der Waals surface area contributed by atoms with Gasteiger partial charge < -0.3 is 14.0 Å². The fraction of sp³-hybridized carbons (Fsp3) is 0.316. The first-order valence-electron chi connectivity index (χ1n) is 8.62. The molecule has 0 saturated carbocycles. The molecule has 4 heterocycles. The normalized spacial score (nSPS) is 17.6. The summed E-state index contributed by atoms with van der Waals surface area (Å²) in [6.45, 7) is 2.22. The van der Waals surface area contributed by atoms with Crippen molar-refractivity contribution >= 4 is 5.91 Å². The Balaban J connectivity index is 1.50. The molecular weight excluding hydrogens is 314 g/mol. The largest absolute Gasteiger partial charge is 0.339 e. The Kier molecular flexibility index (Phi) is 4.33. The van der Waals surface area contributed by atoms with Gasteiger partial charge in [-0.1, -0.05) is 0 Å². The molecule has 0 aliphatic carbocycles. The van der Waals surface area contributed by atoms with E-state index in [0.29, 0.717) is 12.6 Å². The molecule has 1 fully saturated rings. The molecule has 0 aromatic carbocycles. The number of pyridine rings is 1. The highest BCUT2D eigenvalue weighted by Gasteiger charge is 2.26. The Morgan fingerprint density at radius 2 is 2.00 bits per heavy atom. The molecule has 1 saturated heterocycles. The highest BCUT2D eigenvalue weighted by atomic mass is 16.2. The summed E-state index contributed by atoms with van der Waals surface area (Å²) in [4.78, 5) is 23.2. The van der Waals surface area contributed by atoms with E-state index in [1.54, 1.807) is 18.6 Å². The van der Waals surface area contributed by atoms with Crippen molar-refractivity contribution in [2.24, 2.45) is 0 Å². The lowest BCUT2D eigenvalue weighted by Crippen LogP contribution is -2.41. The molecule has 1 aliphatic rings. The maximum Gasteiger partial charge on any atom is 0.270 e. The minimum atomic E-state index is 0.101. The Labute approximate surface area is 146 Å². The molecule has 1 amide bonds. The van der Waals surface area contributed by atoms with Gasteiger partial charge in [0.15, 0.2) is 0 Å². The summed E-state index contributed by atoms with van der Waals surface area (Å²) >= 11 is 0. The number of piperidine rings is 1. The maximum absolute atomic E-state index is 13.1. The van der Waals surface area contributed by atoms with E-state index in [0.717, 1.165) is 37.2 Å². The van der Waals surface area contributed by atoms with E-state index in [2.05, 4.69) is 14.5 Å². The molecule has 1 unspecified atom stereocenters. The summed E-state index contributed by atoms with van der Waals surface area (Å²) < 4.78 is 4.12. The van der Waals surface area contributed by atoms with Crippen molar-refractivity contribution in [3.63, 3.8) is 0 Å². The van der Waals surface area contributed by atoms with Gasteiger partial charge in [-0.25, -0.2) is 4.98 Å². The summed E-state index contributed by atoms with van der Waals surface area (Å²) in [5, 5.41) is 0. The number of likely N-dealkylation sites (tertiary alicyclic amines) is 1. The van der Waals surface area contributed by atoms with Crippen LogP contribution in [-0.2, 0) is 6.54 Å². The van der Waals surface area contributed by atoms with Crippen LogP contribution in [0.2, 0.25) is 0 Å². The zero-order valence-electron chi connectivity index (χ0n) is 14.0. The van der Waals surface area contributed by atoms with Crippen LogP contribution >= 0.6 is 0 Å². The van der Waals surface area contributed by atoms with E-state index < -0.39 is 0 Å². The lowest BCUT2D eigenvalue weighted by Gasteiger charge is -2.33. The van der Waals surface area contributed by atoms with Crippen molar-refractivity contribution in [2.45, 2.75) is 25.4 Å². The average molecular weight is 335 g/mol. The molecule has 3 aromatic heterocycles. The molecule has 25 heavy (non-hydrogen) atoms. The van der Waals surface area contributed by atoms with Gasteiger partial charge in [0, 0.05) is 50.6 Å². The van der Waals surface area contributed by atoms with E-state index in [1.807, 2.05) is 52.5 Å². The van der Waals surface area contributed by atoms with Gasteiger partial charge in [0.25, 0.3) is 5.91 Å². The number of hydrogen-bond donors (Lipinski definition) is 0. The first-order chi connectivity index (χ1) is 12.3. The van der Waals surface area contributed by atoms with Crippen LogP contribution in [0.3, 0.4) is 0 Å². The monoisotopic (exact) mass is 335 g/mol. The van der Waals surface area contributed by atoms with Crippen LogP contribution in [-0.4, -0.2) is 43.0 Å². The van der Waals surface area contributed by atoms with E-state index in [-0.39, 0.29) is 5.91 Å². The van der Waals surface area contributed by atoms with Crippen molar-refractivity contribution in [3.05, 3.63) is 72.8 Å². The number of carbonyl (C=O) groups is 1. The van der Waals surface area contributed by atoms with Gasteiger partial charge in [0.1, 0.15) is 5.69 Å². The second-order valence-electron chi connectivity index (χ2n) is 6.43. The Morgan fingerprint density at radius 3 is 2.80 bits per heavy atom. The van der Waals surface area contributed by atoms with E-state index in [1.165, 1.54) is 0 Å².